The molecule has 1 atom stereocenters. The number of anilines is 1. The maximum atomic E-state index is 12.7. The SMILES string of the molecule is Cc1ccc(NC(=O)c2sc3ncn([C@H](C)C(=O)[O-])c(=O)c3c2C)c(C)c1. The predicted molar refractivity (Wildman–Crippen MR) is 102 cm³/mol. The molecule has 2 aromatic heterocycles. The van der Waals surface area contributed by atoms with Gasteiger partial charge >= 0.3 is 0 Å². The lowest BCUT2D eigenvalue weighted by atomic mass is 10.1. The number of rotatable bonds is 4. The normalized spacial score (nSPS) is 12.1. The van der Waals surface area contributed by atoms with Crippen LogP contribution in [0.4, 0.5) is 5.69 Å². The van der Waals surface area contributed by atoms with Crippen molar-refractivity contribution in [3.05, 3.63) is 56.4 Å². The van der Waals surface area contributed by atoms with Crippen LogP contribution >= 0.6 is 11.3 Å². The van der Waals surface area contributed by atoms with Crippen molar-refractivity contribution < 1.29 is 14.7 Å². The lowest BCUT2D eigenvalue weighted by Gasteiger charge is -2.15. The molecule has 8 heteroatoms. The van der Waals surface area contributed by atoms with Gasteiger partial charge in [-0.15, -0.1) is 11.3 Å². The van der Waals surface area contributed by atoms with Gasteiger partial charge in [-0.1, -0.05) is 17.7 Å². The number of carboxylic acid groups (broad SMARTS) is 1. The molecule has 3 rings (SSSR count). The second kappa shape index (κ2) is 6.96. The number of amides is 1. The van der Waals surface area contributed by atoms with Gasteiger partial charge in [0.2, 0.25) is 0 Å². The largest absolute Gasteiger partial charge is 0.548 e. The highest BCUT2D eigenvalue weighted by Crippen LogP contribution is 2.28. The number of carbonyl (C=O) groups excluding carboxylic acids is 2. The van der Waals surface area contributed by atoms with E-state index in [1.165, 1.54) is 13.3 Å². The van der Waals surface area contributed by atoms with E-state index in [1.54, 1.807) is 6.92 Å². The number of fused-ring (bicyclic) bond motifs is 1. The quantitative estimate of drug-likeness (QED) is 0.740. The van der Waals surface area contributed by atoms with E-state index in [9.17, 15) is 19.5 Å². The molecule has 27 heavy (non-hydrogen) atoms. The predicted octanol–water partition coefficient (Wildman–Crippen LogP) is 1.95. The molecule has 140 valence electrons. The number of hydrogen-bond acceptors (Lipinski definition) is 6. The van der Waals surface area contributed by atoms with Gasteiger partial charge < -0.3 is 15.2 Å². The fourth-order valence-electron chi connectivity index (χ4n) is 2.88. The zero-order valence-electron chi connectivity index (χ0n) is 15.3. The lowest BCUT2D eigenvalue weighted by molar-refractivity contribution is -0.309. The second-order valence-corrected chi connectivity index (χ2v) is 7.46. The van der Waals surface area contributed by atoms with E-state index in [1.807, 2.05) is 32.0 Å². The van der Waals surface area contributed by atoms with Crippen LogP contribution in [0.25, 0.3) is 10.2 Å². The maximum Gasteiger partial charge on any atom is 0.266 e. The van der Waals surface area contributed by atoms with E-state index in [-0.39, 0.29) is 11.3 Å². The fraction of sp³-hybridized carbons (Fsp3) is 0.263. The van der Waals surface area contributed by atoms with Gasteiger partial charge in [-0.2, -0.15) is 0 Å². The van der Waals surface area contributed by atoms with Crippen molar-refractivity contribution in [1.82, 2.24) is 9.55 Å². The Labute approximate surface area is 159 Å². The molecule has 0 spiro atoms. The molecule has 2 heterocycles. The Morgan fingerprint density at radius 3 is 2.59 bits per heavy atom. The number of carboxylic acids is 1. The molecule has 0 saturated carbocycles. The number of aryl methyl sites for hydroxylation is 3. The molecule has 0 bridgehead atoms. The summed E-state index contributed by atoms with van der Waals surface area (Å²) in [6, 6.07) is 4.55. The molecular weight excluding hydrogens is 366 g/mol. The molecule has 0 saturated heterocycles. The van der Waals surface area contributed by atoms with E-state index in [2.05, 4.69) is 10.3 Å². The molecular formula is C19H18N3O4S-. The highest BCUT2D eigenvalue weighted by molar-refractivity contribution is 7.20. The number of aliphatic carboxylic acids is 1. The summed E-state index contributed by atoms with van der Waals surface area (Å²) in [4.78, 5) is 41.4. The molecule has 0 fully saturated rings. The Hall–Kier alpha value is -3.00. The first-order valence-corrected chi connectivity index (χ1v) is 9.12. The van der Waals surface area contributed by atoms with Gasteiger partial charge in [0.05, 0.1) is 28.6 Å². The van der Waals surface area contributed by atoms with Crippen LogP contribution < -0.4 is 16.0 Å². The maximum absolute atomic E-state index is 12.7. The van der Waals surface area contributed by atoms with Crippen LogP contribution in [0.3, 0.4) is 0 Å². The van der Waals surface area contributed by atoms with Gasteiger partial charge in [0.25, 0.3) is 11.5 Å². The van der Waals surface area contributed by atoms with Crippen molar-refractivity contribution in [2.75, 3.05) is 5.32 Å². The summed E-state index contributed by atoms with van der Waals surface area (Å²) in [6.45, 7) is 6.88. The molecule has 7 nitrogen and oxygen atoms in total. The molecule has 0 aliphatic carbocycles. The standard InChI is InChI=1S/C19H19N3O4S/c1-9-5-6-13(10(2)7-9)21-16(23)15-11(3)14-17(27-15)20-8-22(18(14)24)12(4)19(25)26/h5-8,12H,1-4H3,(H,21,23)(H,25,26)/p-1/t12-/m1/s1. The van der Waals surface area contributed by atoms with Gasteiger partial charge in [-0.25, -0.2) is 4.98 Å². The highest BCUT2D eigenvalue weighted by atomic mass is 32.1. The van der Waals surface area contributed by atoms with Crippen molar-refractivity contribution in [2.24, 2.45) is 0 Å². The average molecular weight is 384 g/mol. The Morgan fingerprint density at radius 2 is 1.96 bits per heavy atom. The van der Waals surface area contributed by atoms with Crippen LogP contribution in [-0.4, -0.2) is 21.4 Å². The number of carbonyl (C=O) groups is 2. The van der Waals surface area contributed by atoms with Crippen molar-refractivity contribution >= 4 is 39.1 Å². The van der Waals surface area contributed by atoms with E-state index < -0.39 is 17.6 Å². The smallest absolute Gasteiger partial charge is 0.266 e. The first-order valence-electron chi connectivity index (χ1n) is 8.30. The minimum absolute atomic E-state index is 0.251. The van der Waals surface area contributed by atoms with E-state index in [4.69, 9.17) is 0 Å². The average Bonchev–Trinajstić information content (AvgIpc) is 2.94. The van der Waals surface area contributed by atoms with Crippen molar-refractivity contribution in [3.63, 3.8) is 0 Å². The number of hydrogen-bond donors (Lipinski definition) is 1. The van der Waals surface area contributed by atoms with Crippen LogP contribution in [-0.2, 0) is 4.79 Å². The van der Waals surface area contributed by atoms with Crippen LogP contribution in [0.1, 0.15) is 39.3 Å². The zero-order valence-corrected chi connectivity index (χ0v) is 16.1. The summed E-state index contributed by atoms with van der Waals surface area (Å²) in [6.07, 6.45) is 1.17. The third-order valence-corrected chi connectivity index (χ3v) is 5.67. The monoisotopic (exact) mass is 384 g/mol. The van der Waals surface area contributed by atoms with Gasteiger partial charge in [0, 0.05) is 5.69 Å². The molecule has 1 N–H and O–H groups in total. The number of nitrogens with zero attached hydrogens (tertiary/aromatic N) is 2. The van der Waals surface area contributed by atoms with Crippen molar-refractivity contribution in [3.8, 4) is 0 Å². The third kappa shape index (κ3) is 3.35. The number of aromatic nitrogens is 2. The number of nitrogens with one attached hydrogen (secondary N) is 1. The highest BCUT2D eigenvalue weighted by Gasteiger charge is 2.21. The first kappa shape index (κ1) is 18.8. The van der Waals surface area contributed by atoms with Gasteiger partial charge in [0.1, 0.15) is 4.83 Å². The van der Waals surface area contributed by atoms with E-state index in [0.29, 0.717) is 21.0 Å². The number of benzene rings is 1. The van der Waals surface area contributed by atoms with E-state index >= 15 is 0 Å². The molecule has 0 aliphatic rings. The second-order valence-electron chi connectivity index (χ2n) is 6.46. The number of thiophene rings is 1. The summed E-state index contributed by atoms with van der Waals surface area (Å²) in [5.74, 6) is -1.71. The van der Waals surface area contributed by atoms with Crippen LogP contribution in [0.15, 0.2) is 29.3 Å². The van der Waals surface area contributed by atoms with E-state index in [0.717, 1.165) is 27.0 Å². The van der Waals surface area contributed by atoms with Crippen LogP contribution in [0, 0.1) is 20.8 Å². The minimum atomic E-state index is -1.38. The Morgan fingerprint density at radius 1 is 1.26 bits per heavy atom. The Balaban J connectivity index is 2.04. The van der Waals surface area contributed by atoms with Gasteiger partial charge in [-0.05, 0) is 44.9 Å². The summed E-state index contributed by atoms with van der Waals surface area (Å²) >= 11 is 1.10. The Bertz CT molecular complexity index is 1130. The summed E-state index contributed by atoms with van der Waals surface area (Å²) in [5.41, 5.74) is 2.70. The molecule has 1 aromatic carbocycles. The summed E-state index contributed by atoms with van der Waals surface area (Å²) in [5, 5.41) is 14.2. The molecule has 0 aliphatic heterocycles. The molecule has 1 amide bonds. The first-order chi connectivity index (χ1) is 12.7. The summed E-state index contributed by atoms with van der Waals surface area (Å²) in [7, 11) is 0. The van der Waals surface area contributed by atoms with Gasteiger partial charge in [-0.3, -0.25) is 14.2 Å². The van der Waals surface area contributed by atoms with Crippen LogP contribution in [0.5, 0.6) is 0 Å². The van der Waals surface area contributed by atoms with Crippen molar-refractivity contribution in [2.45, 2.75) is 33.7 Å². The Kier molecular flexibility index (Phi) is 4.84. The van der Waals surface area contributed by atoms with Gasteiger partial charge in [0.15, 0.2) is 0 Å². The topological polar surface area (TPSA) is 104 Å². The van der Waals surface area contributed by atoms with Crippen LogP contribution in [0.2, 0.25) is 0 Å². The van der Waals surface area contributed by atoms with Crippen molar-refractivity contribution in [1.29, 1.82) is 0 Å². The summed E-state index contributed by atoms with van der Waals surface area (Å²) < 4.78 is 1.00. The fourth-order valence-corrected chi connectivity index (χ4v) is 3.91. The molecule has 3 aromatic rings. The third-order valence-electron chi connectivity index (χ3n) is 4.47. The minimum Gasteiger partial charge on any atom is -0.548 e. The zero-order chi connectivity index (χ0) is 19.9. The lowest BCUT2D eigenvalue weighted by Crippen LogP contribution is -2.36. The molecule has 0 unspecified atom stereocenters. The molecule has 0 radical (unpaired) electrons.